The van der Waals surface area contributed by atoms with Crippen molar-refractivity contribution < 1.29 is 9.15 Å². The van der Waals surface area contributed by atoms with Gasteiger partial charge in [-0.05, 0) is 24.8 Å². The molecule has 17 heavy (non-hydrogen) atoms. The van der Waals surface area contributed by atoms with Gasteiger partial charge in [0.05, 0.1) is 0 Å². The van der Waals surface area contributed by atoms with Gasteiger partial charge in [0.2, 0.25) is 0 Å². The molecule has 3 nitrogen and oxygen atoms in total. The van der Waals surface area contributed by atoms with E-state index in [-0.39, 0.29) is 6.10 Å². The molecule has 2 aromatic rings. The molecule has 0 radical (unpaired) electrons. The zero-order chi connectivity index (χ0) is 11.8. The summed E-state index contributed by atoms with van der Waals surface area (Å²) < 4.78 is 11.6. The summed E-state index contributed by atoms with van der Waals surface area (Å²) in [5, 5.41) is 0. The Hall–Kier alpha value is -1.35. The van der Waals surface area contributed by atoms with Crippen molar-refractivity contribution in [1.29, 1.82) is 0 Å². The summed E-state index contributed by atoms with van der Waals surface area (Å²) in [5.41, 5.74) is 3.09. The molecule has 3 rings (SSSR count). The first-order chi connectivity index (χ1) is 8.25. The first kappa shape index (κ1) is 10.8. The van der Waals surface area contributed by atoms with Crippen molar-refractivity contribution in [2.45, 2.75) is 38.7 Å². The summed E-state index contributed by atoms with van der Waals surface area (Å²) in [6.45, 7) is 5.18. The SMILES string of the molecule is CC(C)c1ccnc2cc(C3CCCO3)oc12. The molecule has 1 aliphatic rings. The van der Waals surface area contributed by atoms with E-state index in [1.807, 2.05) is 18.3 Å². The van der Waals surface area contributed by atoms with Gasteiger partial charge < -0.3 is 9.15 Å². The van der Waals surface area contributed by atoms with Crippen molar-refractivity contribution in [2.24, 2.45) is 0 Å². The molecule has 0 bridgehead atoms. The second-order valence-corrected chi connectivity index (χ2v) is 4.92. The number of furan rings is 1. The van der Waals surface area contributed by atoms with Gasteiger partial charge in [0, 0.05) is 24.4 Å². The van der Waals surface area contributed by atoms with Crippen LogP contribution in [0.3, 0.4) is 0 Å². The van der Waals surface area contributed by atoms with Gasteiger partial charge in [-0.2, -0.15) is 0 Å². The van der Waals surface area contributed by atoms with Crippen LogP contribution >= 0.6 is 0 Å². The van der Waals surface area contributed by atoms with Gasteiger partial charge in [-0.1, -0.05) is 13.8 Å². The largest absolute Gasteiger partial charge is 0.456 e. The van der Waals surface area contributed by atoms with E-state index in [2.05, 4.69) is 18.8 Å². The maximum atomic E-state index is 5.96. The van der Waals surface area contributed by atoms with Crippen LogP contribution in [-0.2, 0) is 4.74 Å². The van der Waals surface area contributed by atoms with Crippen LogP contribution < -0.4 is 0 Å². The standard InChI is InChI=1S/C14H17NO2/c1-9(2)10-5-6-15-11-8-13(17-14(10)11)12-4-3-7-16-12/h5-6,8-9,12H,3-4,7H2,1-2H3. The lowest BCUT2D eigenvalue weighted by atomic mass is 10.0. The zero-order valence-corrected chi connectivity index (χ0v) is 10.3. The molecule has 0 spiro atoms. The van der Waals surface area contributed by atoms with Gasteiger partial charge in [0.15, 0.2) is 5.58 Å². The van der Waals surface area contributed by atoms with Crippen LogP contribution in [0.2, 0.25) is 0 Å². The van der Waals surface area contributed by atoms with Crippen molar-refractivity contribution in [3.05, 3.63) is 29.7 Å². The summed E-state index contributed by atoms with van der Waals surface area (Å²) in [5.74, 6) is 1.38. The third kappa shape index (κ3) is 1.84. The minimum atomic E-state index is 0.129. The Morgan fingerprint density at radius 1 is 1.41 bits per heavy atom. The fourth-order valence-corrected chi connectivity index (χ4v) is 2.39. The van der Waals surface area contributed by atoms with E-state index in [9.17, 15) is 0 Å². The van der Waals surface area contributed by atoms with Crippen LogP contribution in [0.5, 0.6) is 0 Å². The Bertz CT molecular complexity index is 524. The molecule has 1 aliphatic heterocycles. The molecule has 0 aromatic carbocycles. The van der Waals surface area contributed by atoms with Crippen molar-refractivity contribution in [2.75, 3.05) is 6.61 Å². The smallest absolute Gasteiger partial charge is 0.156 e. The van der Waals surface area contributed by atoms with Crippen LogP contribution in [0.4, 0.5) is 0 Å². The van der Waals surface area contributed by atoms with E-state index in [0.29, 0.717) is 5.92 Å². The first-order valence-electron chi connectivity index (χ1n) is 6.25. The molecular formula is C14H17NO2. The van der Waals surface area contributed by atoms with E-state index in [4.69, 9.17) is 9.15 Å². The number of aromatic nitrogens is 1. The first-order valence-corrected chi connectivity index (χ1v) is 6.25. The highest BCUT2D eigenvalue weighted by Crippen LogP contribution is 2.34. The highest BCUT2D eigenvalue weighted by atomic mass is 16.5. The average Bonchev–Trinajstić information content (AvgIpc) is 2.96. The number of hydrogen-bond acceptors (Lipinski definition) is 3. The molecule has 0 N–H and O–H groups in total. The summed E-state index contributed by atoms with van der Waals surface area (Å²) in [7, 11) is 0. The van der Waals surface area contributed by atoms with Crippen molar-refractivity contribution >= 4 is 11.1 Å². The lowest BCUT2D eigenvalue weighted by Gasteiger charge is -2.06. The summed E-state index contributed by atoms with van der Waals surface area (Å²) in [6.07, 6.45) is 4.15. The maximum absolute atomic E-state index is 5.96. The fraction of sp³-hybridized carbons (Fsp3) is 0.500. The Balaban J connectivity index is 2.08. The van der Waals surface area contributed by atoms with Crippen LogP contribution in [0.25, 0.3) is 11.1 Å². The monoisotopic (exact) mass is 231 g/mol. The van der Waals surface area contributed by atoms with Gasteiger partial charge in [0.1, 0.15) is 17.4 Å². The topological polar surface area (TPSA) is 35.3 Å². The molecule has 1 unspecified atom stereocenters. The number of nitrogens with zero attached hydrogens (tertiary/aromatic N) is 1. The minimum Gasteiger partial charge on any atom is -0.456 e. The van der Waals surface area contributed by atoms with Crippen molar-refractivity contribution in [3.8, 4) is 0 Å². The summed E-state index contributed by atoms with van der Waals surface area (Å²) in [6, 6.07) is 4.06. The second-order valence-electron chi connectivity index (χ2n) is 4.92. The number of hydrogen-bond donors (Lipinski definition) is 0. The number of fused-ring (bicyclic) bond motifs is 1. The van der Waals surface area contributed by atoms with Crippen LogP contribution in [-0.4, -0.2) is 11.6 Å². The van der Waals surface area contributed by atoms with Gasteiger partial charge in [-0.3, -0.25) is 4.98 Å². The predicted octanol–water partition coefficient (Wildman–Crippen LogP) is 3.80. The van der Waals surface area contributed by atoms with Gasteiger partial charge >= 0.3 is 0 Å². The lowest BCUT2D eigenvalue weighted by molar-refractivity contribution is 0.0950. The number of ether oxygens (including phenoxy) is 1. The van der Waals surface area contributed by atoms with Crippen molar-refractivity contribution in [3.63, 3.8) is 0 Å². The minimum absolute atomic E-state index is 0.129. The Labute approximate surface area is 101 Å². The molecule has 2 aromatic heterocycles. The average molecular weight is 231 g/mol. The molecule has 0 saturated carbocycles. The van der Waals surface area contributed by atoms with E-state index in [1.165, 1.54) is 5.56 Å². The predicted molar refractivity (Wildman–Crippen MR) is 66.0 cm³/mol. The van der Waals surface area contributed by atoms with Gasteiger partial charge in [0.25, 0.3) is 0 Å². The lowest BCUT2D eigenvalue weighted by Crippen LogP contribution is -1.92. The van der Waals surface area contributed by atoms with E-state index in [1.54, 1.807) is 0 Å². The molecule has 1 atom stereocenters. The molecule has 0 amide bonds. The molecule has 90 valence electrons. The normalized spacial score (nSPS) is 20.5. The fourth-order valence-electron chi connectivity index (χ4n) is 2.39. The molecular weight excluding hydrogens is 214 g/mol. The summed E-state index contributed by atoms with van der Waals surface area (Å²) in [4.78, 5) is 4.37. The van der Waals surface area contributed by atoms with Crippen LogP contribution in [0.15, 0.2) is 22.7 Å². The third-order valence-corrected chi connectivity index (χ3v) is 3.33. The summed E-state index contributed by atoms with van der Waals surface area (Å²) >= 11 is 0. The Morgan fingerprint density at radius 2 is 2.29 bits per heavy atom. The zero-order valence-electron chi connectivity index (χ0n) is 10.3. The van der Waals surface area contributed by atoms with E-state index in [0.717, 1.165) is 36.3 Å². The molecule has 3 heterocycles. The number of rotatable bonds is 2. The molecule has 0 aliphatic carbocycles. The third-order valence-electron chi connectivity index (χ3n) is 3.33. The van der Waals surface area contributed by atoms with E-state index >= 15 is 0 Å². The van der Waals surface area contributed by atoms with Crippen LogP contribution in [0, 0.1) is 0 Å². The second kappa shape index (κ2) is 4.15. The van der Waals surface area contributed by atoms with E-state index < -0.39 is 0 Å². The highest BCUT2D eigenvalue weighted by Gasteiger charge is 2.22. The highest BCUT2D eigenvalue weighted by molar-refractivity contribution is 5.77. The van der Waals surface area contributed by atoms with Crippen molar-refractivity contribution in [1.82, 2.24) is 4.98 Å². The van der Waals surface area contributed by atoms with Gasteiger partial charge in [-0.15, -0.1) is 0 Å². The Kier molecular flexibility index (Phi) is 2.63. The van der Waals surface area contributed by atoms with Crippen LogP contribution in [0.1, 0.15) is 50.0 Å². The molecule has 1 fully saturated rings. The Morgan fingerprint density at radius 3 is 3.00 bits per heavy atom. The molecule has 3 heteroatoms. The van der Waals surface area contributed by atoms with Gasteiger partial charge in [-0.25, -0.2) is 0 Å². The maximum Gasteiger partial charge on any atom is 0.156 e. The quantitative estimate of drug-likeness (QED) is 0.788. The molecule has 1 saturated heterocycles. The number of pyridine rings is 1.